The molecule has 3 N–H and O–H groups in total. The first-order valence-corrected chi connectivity index (χ1v) is 13.7. The van der Waals surface area contributed by atoms with Crippen molar-refractivity contribution in [2.45, 2.75) is 63.6 Å². The van der Waals surface area contributed by atoms with Crippen LogP contribution in [0.25, 0.3) is 10.8 Å². The van der Waals surface area contributed by atoms with E-state index in [-0.39, 0.29) is 12.2 Å². The zero-order valence-corrected chi connectivity index (χ0v) is 21.7. The SMILES string of the molecule is C=C1C(=O)[C@@]23C(CC[C@@H]1[C@H]2OC(=O)c1cccc2ccccc12)[C@@]12CO[C@@]3(O)[C@@H](O)[C@@H]1C(C)(C)CC[C@@H]2O. The van der Waals surface area contributed by atoms with Crippen LogP contribution in [0.5, 0.6) is 0 Å². The third kappa shape index (κ3) is 2.55. The summed E-state index contributed by atoms with van der Waals surface area (Å²) in [4.78, 5) is 28.0. The topological polar surface area (TPSA) is 113 Å². The largest absolute Gasteiger partial charge is 0.457 e. The van der Waals surface area contributed by atoms with Crippen molar-refractivity contribution in [3.8, 4) is 0 Å². The molecule has 2 aromatic carbocycles. The van der Waals surface area contributed by atoms with E-state index in [2.05, 4.69) is 6.58 Å². The van der Waals surface area contributed by atoms with Crippen molar-refractivity contribution in [1.82, 2.24) is 0 Å². The molecule has 7 heteroatoms. The summed E-state index contributed by atoms with van der Waals surface area (Å²) in [5, 5.41) is 37.4. The number of hydrogen-bond acceptors (Lipinski definition) is 7. The molecule has 9 atom stereocenters. The van der Waals surface area contributed by atoms with Crippen LogP contribution < -0.4 is 0 Å². The Morgan fingerprint density at radius 2 is 1.82 bits per heavy atom. The maximum Gasteiger partial charge on any atom is 0.339 e. The van der Waals surface area contributed by atoms with Crippen LogP contribution in [0, 0.1) is 34.0 Å². The molecule has 38 heavy (non-hydrogen) atoms. The number of Topliss-reactive ketones (excluding diaryl/α,β-unsaturated/α-hetero) is 1. The molecule has 0 radical (unpaired) electrons. The smallest absolute Gasteiger partial charge is 0.339 e. The van der Waals surface area contributed by atoms with Crippen molar-refractivity contribution in [2.24, 2.45) is 34.0 Å². The number of aliphatic hydroxyl groups is 3. The van der Waals surface area contributed by atoms with E-state index in [9.17, 15) is 24.9 Å². The molecule has 1 unspecified atom stereocenters. The van der Waals surface area contributed by atoms with Crippen LogP contribution in [-0.4, -0.2) is 57.8 Å². The first-order chi connectivity index (χ1) is 18.0. The minimum atomic E-state index is -2.27. The van der Waals surface area contributed by atoms with Crippen molar-refractivity contribution in [2.75, 3.05) is 6.61 Å². The van der Waals surface area contributed by atoms with E-state index >= 15 is 0 Å². The fourth-order valence-electron chi connectivity index (χ4n) is 9.62. The van der Waals surface area contributed by atoms with Gasteiger partial charge >= 0.3 is 5.97 Å². The number of fused-ring (bicyclic) bond motifs is 3. The summed E-state index contributed by atoms with van der Waals surface area (Å²) in [6, 6.07) is 12.9. The van der Waals surface area contributed by atoms with Gasteiger partial charge in [-0.25, -0.2) is 4.79 Å². The molecule has 0 amide bonds. The molecule has 4 aliphatic carbocycles. The summed E-state index contributed by atoms with van der Waals surface area (Å²) in [5.74, 6) is -4.81. The molecular formula is C31H34O7. The van der Waals surface area contributed by atoms with Gasteiger partial charge in [-0.1, -0.05) is 56.8 Å². The van der Waals surface area contributed by atoms with Gasteiger partial charge in [0.2, 0.25) is 5.79 Å². The summed E-state index contributed by atoms with van der Waals surface area (Å²) in [5.41, 5.74) is -2.44. The van der Waals surface area contributed by atoms with E-state index in [1.165, 1.54) is 0 Å². The van der Waals surface area contributed by atoms with Crippen LogP contribution in [0.3, 0.4) is 0 Å². The molecule has 4 saturated carbocycles. The van der Waals surface area contributed by atoms with E-state index < -0.39 is 69.9 Å². The fraction of sp³-hybridized carbons (Fsp3) is 0.548. The molecule has 200 valence electrons. The Bertz CT molecular complexity index is 1390. The highest BCUT2D eigenvalue weighted by Crippen LogP contribution is 2.76. The lowest BCUT2D eigenvalue weighted by molar-refractivity contribution is -0.457. The normalized spacial score (nSPS) is 44.6. The Labute approximate surface area is 221 Å². The highest BCUT2D eigenvalue weighted by atomic mass is 16.6. The molecule has 0 aromatic heterocycles. The molecule has 6 aliphatic rings. The number of carbonyl (C=O) groups is 2. The summed E-state index contributed by atoms with van der Waals surface area (Å²) in [6.07, 6.45) is -1.07. The zero-order valence-electron chi connectivity index (χ0n) is 21.7. The highest BCUT2D eigenvalue weighted by molar-refractivity contribution is 6.07. The monoisotopic (exact) mass is 518 g/mol. The van der Waals surface area contributed by atoms with Crippen LogP contribution in [0.2, 0.25) is 0 Å². The Morgan fingerprint density at radius 3 is 2.61 bits per heavy atom. The number of hydrogen-bond donors (Lipinski definition) is 3. The van der Waals surface area contributed by atoms with Crippen molar-refractivity contribution >= 4 is 22.5 Å². The lowest BCUT2D eigenvalue weighted by Gasteiger charge is -2.74. The third-order valence-electron chi connectivity index (χ3n) is 11.1. The van der Waals surface area contributed by atoms with Gasteiger partial charge in [0.25, 0.3) is 0 Å². The van der Waals surface area contributed by atoms with Crippen molar-refractivity contribution in [3.63, 3.8) is 0 Å². The Morgan fingerprint density at radius 1 is 1.08 bits per heavy atom. The summed E-state index contributed by atoms with van der Waals surface area (Å²) in [7, 11) is 0. The number of ether oxygens (including phenoxy) is 2. The summed E-state index contributed by atoms with van der Waals surface area (Å²) in [6.45, 7) is 8.21. The van der Waals surface area contributed by atoms with E-state index in [4.69, 9.17) is 9.47 Å². The molecule has 2 saturated heterocycles. The minimum Gasteiger partial charge on any atom is -0.457 e. The maximum atomic E-state index is 14.2. The van der Waals surface area contributed by atoms with Crippen molar-refractivity contribution in [3.05, 3.63) is 60.2 Å². The second-order valence-electron chi connectivity index (χ2n) is 12.9. The van der Waals surface area contributed by atoms with Gasteiger partial charge in [-0.2, -0.15) is 0 Å². The first-order valence-electron chi connectivity index (χ1n) is 13.7. The van der Waals surface area contributed by atoms with Gasteiger partial charge in [-0.15, -0.1) is 0 Å². The molecule has 8 rings (SSSR count). The molecule has 4 bridgehead atoms. The summed E-state index contributed by atoms with van der Waals surface area (Å²) >= 11 is 0. The quantitative estimate of drug-likeness (QED) is 0.413. The number of benzene rings is 2. The minimum absolute atomic E-state index is 0.0383. The zero-order chi connectivity index (χ0) is 26.8. The third-order valence-corrected chi connectivity index (χ3v) is 11.1. The van der Waals surface area contributed by atoms with Crippen LogP contribution >= 0.6 is 0 Å². The molecule has 2 spiro atoms. The van der Waals surface area contributed by atoms with Gasteiger partial charge in [-0.05, 0) is 59.4 Å². The Balaban J connectivity index is 1.40. The van der Waals surface area contributed by atoms with E-state index in [0.29, 0.717) is 31.2 Å². The summed E-state index contributed by atoms with van der Waals surface area (Å²) < 4.78 is 12.3. The molecule has 7 nitrogen and oxygen atoms in total. The second-order valence-corrected chi connectivity index (χ2v) is 12.9. The second kappa shape index (κ2) is 7.54. The van der Waals surface area contributed by atoms with Crippen LogP contribution in [0.4, 0.5) is 0 Å². The maximum absolute atomic E-state index is 14.2. The van der Waals surface area contributed by atoms with E-state index in [0.717, 1.165) is 10.8 Å². The average molecular weight is 519 g/mol. The number of carbonyl (C=O) groups excluding carboxylic acids is 2. The predicted molar refractivity (Wildman–Crippen MR) is 138 cm³/mol. The predicted octanol–water partition coefficient (Wildman–Crippen LogP) is 3.39. The average Bonchev–Trinajstić information content (AvgIpc) is 3.01. The molecule has 6 fully saturated rings. The highest BCUT2D eigenvalue weighted by Gasteiger charge is 2.87. The number of rotatable bonds is 2. The number of aliphatic hydroxyl groups excluding tert-OH is 2. The van der Waals surface area contributed by atoms with Crippen LogP contribution in [0.1, 0.15) is 49.9 Å². The molecule has 2 heterocycles. The Hall–Kier alpha value is -2.58. The van der Waals surface area contributed by atoms with Gasteiger partial charge < -0.3 is 24.8 Å². The molecular weight excluding hydrogens is 484 g/mol. The van der Waals surface area contributed by atoms with Gasteiger partial charge in [0.1, 0.15) is 17.6 Å². The van der Waals surface area contributed by atoms with Gasteiger partial charge in [0.05, 0.1) is 18.3 Å². The van der Waals surface area contributed by atoms with Crippen molar-refractivity contribution in [1.29, 1.82) is 0 Å². The lowest BCUT2D eigenvalue weighted by Crippen LogP contribution is -2.85. The molecule has 2 aromatic rings. The van der Waals surface area contributed by atoms with Crippen LogP contribution in [0.15, 0.2) is 54.6 Å². The molecule has 2 aliphatic heterocycles. The van der Waals surface area contributed by atoms with Gasteiger partial charge in [0, 0.05) is 17.3 Å². The first kappa shape index (κ1) is 24.5. The standard InChI is InChI=1S/C31H34O7/c1-16-18-11-12-21-29-15-37-31(36,25(34)23(29)28(2,3)14-13-22(29)32)30(21,24(16)33)26(18)38-27(35)20-10-6-8-17-7-4-5-9-19(17)20/h4-10,18,21-23,25-26,32,34,36H,1,11-15H2,2-3H3/t18-,21?,22-,23+,25-,26+,29+,30-,31-/m0/s1. The van der Waals surface area contributed by atoms with E-state index in [1.54, 1.807) is 12.1 Å². The Kier molecular flexibility index (Phi) is 4.85. The number of ketones is 1. The van der Waals surface area contributed by atoms with E-state index in [1.807, 2.05) is 44.2 Å². The lowest BCUT2D eigenvalue weighted by atomic mass is 9.35. The van der Waals surface area contributed by atoms with Crippen LogP contribution in [-0.2, 0) is 14.3 Å². The van der Waals surface area contributed by atoms with Gasteiger partial charge in [-0.3, -0.25) is 4.79 Å². The van der Waals surface area contributed by atoms with Crippen molar-refractivity contribution < 1.29 is 34.4 Å². The number of esters is 1. The fourth-order valence-corrected chi connectivity index (χ4v) is 9.62. The van der Waals surface area contributed by atoms with Gasteiger partial charge in [0.15, 0.2) is 5.78 Å².